The van der Waals surface area contributed by atoms with Gasteiger partial charge in [-0.3, -0.25) is 4.79 Å². The van der Waals surface area contributed by atoms with Crippen LogP contribution in [-0.4, -0.2) is 12.5 Å². The van der Waals surface area contributed by atoms with Gasteiger partial charge in [0.1, 0.15) is 5.82 Å². The Hall–Kier alpha value is -2.36. The standard InChI is InChI=1S/C15H13FN2O/c16-12-2-1-3-13(9-12)18-15(19)11-4-5-14-10(8-11)6-7-17-14/h1-5,8-9,17H,6-7H2,(H,18,19). The van der Waals surface area contributed by atoms with Crippen molar-refractivity contribution in [2.45, 2.75) is 6.42 Å². The number of hydrogen-bond donors (Lipinski definition) is 2. The zero-order valence-electron chi connectivity index (χ0n) is 10.2. The lowest BCUT2D eigenvalue weighted by molar-refractivity contribution is 0.102. The van der Waals surface area contributed by atoms with Crippen molar-refractivity contribution < 1.29 is 9.18 Å². The summed E-state index contributed by atoms with van der Waals surface area (Å²) in [5.74, 6) is -0.587. The number of amides is 1. The second-order valence-electron chi connectivity index (χ2n) is 4.51. The maximum atomic E-state index is 13.0. The Morgan fingerprint density at radius 2 is 2.11 bits per heavy atom. The topological polar surface area (TPSA) is 41.1 Å². The highest BCUT2D eigenvalue weighted by Gasteiger charge is 2.13. The third kappa shape index (κ3) is 2.42. The van der Waals surface area contributed by atoms with Gasteiger partial charge in [0.05, 0.1) is 0 Å². The third-order valence-electron chi connectivity index (χ3n) is 3.16. The number of carbonyl (C=O) groups excluding carboxylic acids is 1. The Labute approximate surface area is 110 Å². The number of rotatable bonds is 2. The number of halogens is 1. The zero-order valence-corrected chi connectivity index (χ0v) is 10.2. The van der Waals surface area contributed by atoms with Gasteiger partial charge in [0.25, 0.3) is 5.91 Å². The quantitative estimate of drug-likeness (QED) is 0.867. The molecule has 1 amide bonds. The van der Waals surface area contributed by atoms with Crippen molar-refractivity contribution >= 4 is 17.3 Å². The maximum Gasteiger partial charge on any atom is 0.255 e. The molecule has 0 radical (unpaired) electrons. The molecule has 4 heteroatoms. The largest absolute Gasteiger partial charge is 0.384 e. The van der Waals surface area contributed by atoms with Crippen LogP contribution >= 0.6 is 0 Å². The molecule has 0 unspecified atom stereocenters. The second-order valence-corrected chi connectivity index (χ2v) is 4.51. The number of anilines is 2. The molecular formula is C15H13FN2O. The SMILES string of the molecule is O=C(Nc1cccc(F)c1)c1ccc2c(c1)CCN2. The molecule has 19 heavy (non-hydrogen) atoms. The molecule has 0 bridgehead atoms. The highest BCUT2D eigenvalue weighted by molar-refractivity contribution is 6.04. The van der Waals surface area contributed by atoms with Crippen LogP contribution < -0.4 is 10.6 Å². The minimum absolute atomic E-state index is 0.222. The average molecular weight is 256 g/mol. The van der Waals surface area contributed by atoms with E-state index < -0.39 is 0 Å². The van der Waals surface area contributed by atoms with Gasteiger partial charge in [-0.15, -0.1) is 0 Å². The first-order valence-corrected chi connectivity index (χ1v) is 6.16. The van der Waals surface area contributed by atoms with E-state index in [1.807, 2.05) is 12.1 Å². The molecule has 3 rings (SSSR count). The summed E-state index contributed by atoms with van der Waals surface area (Å²) in [5, 5.41) is 5.93. The summed E-state index contributed by atoms with van der Waals surface area (Å²) < 4.78 is 13.0. The number of nitrogens with one attached hydrogen (secondary N) is 2. The molecule has 0 aliphatic carbocycles. The van der Waals surface area contributed by atoms with Crippen molar-refractivity contribution in [1.29, 1.82) is 0 Å². The molecule has 2 aromatic carbocycles. The molecule has 2 N–H and O–H groups in total. The van der Waals surface area contributed by atoms with Crippen molar-refractivity contribution in [3.63, 3.8) is 0 Å². The predicted molar refractivity (Wildman–Crippen MR) is 73.0 cm³/mol. The van der Waals surface area contributed by atoms with Gasteiger partial charge in [-0.25, -0.2) is 4.39 Å². The fourth-order valence-electron chi connectivity index (χ4n) is 2.22. The van der Waals surface area contributed by atoms with Crippen LogP contribution in [0.5, 0.6) is 0 Å². The monoisotopic (exact) mass is 256 g/mol. The molecule has 0 aromatic heterocycles. The molecule has 3 nitrogen and oxygen atoms in total. The van der Waals surface area contributed by atoms with Gasteiger partial charge in [-0.2, -0.15) is 0 Å². The van der Waals surface area contributed by atoms with Crippen molar-refractivity contribution in [3.05, 3.63) is 59.4 Å². The van der Waals surface area contributed by atoms with Crippen LogP contribution in [0.2, 0.25) is 0 Å². The zero-order chi connectivity index (χ0) is 13.2. The van der Waals surface area contributed by atoms with Crippen LogP contribution in [0.25, 0.3) is 0 Å². The molecule has 2 aromatic rings. The molecule has 1 aliphatic rings. The summed E-state index contributed by atoms with van der Waals surface area (Å²) in [6, 6.07) is 11.4. The Bertz CT molecular complexity index is 640. The molecule has 0 atom stereocenters. The Morgan fingerprint density at radius 3 is 2.95 bits per heavy atom. The summed E-state index contributed by atoms with van der Waals surface area (Å²) in [6.45, 7) is 0.907. The summed E-state index contributed by atoms with van der Waals surface area (Å²) in [6.07, 6.45) is 0.927. The molecule has 0 saturated heterocycles. The van der Waals surface area contributed by atoms with Crippen molar-refractivity contribution in [1.82, 2.24) is 0 Å². The van der Waals surface area contributed by atoms with Gasteiger partial charge in [0.2, 0.25) is 0 Å². The Kier molecular flexibility index (Phi) is 2.91. The van der Waals surface area contributed by atoms with Crippen LogP contribution in [0.15, 0.2) is 42.5 Å². The van der Waals surface area contributed by atoms with Gasteiger partial charge in [-0.1, -0.05) is 6.07 Å². The fraction of sp³-hybridized carbons (Fsp3) is 0.133. The van der Waals surface area contributed by atoms with E-state index in [0.717, 1.165) is 24.2 Å². The predicted octanol–water partition coefficient (Wildman–Crippen LogP) is 3.05. The summed E-state index contributed by atoms with van der Waals surface area (Å²) in [5.41, 5.74) is 3.28. The van der Waals surface area contributed by atoms with Crippen LogP contribution in [0.4, 0.5) is 15.8 Å². The van der Waals surface area contributed by atoms with E-state index in [2.05, 4.69) is 10.6 Å². The van der Waals surface area contributed by atoms with E-state index >= 15 is 0 Å². The Balaban J connectivity index is 1.81. The first kappa shape index (κ1) is 11.7. The third-order valence-corrected chi connectivity index (χ3v) is 3.16. The molecule has 0 spiro atoms. The molecule has 0 saturated carbocycles. The lowest BCUT2D eigenvalue weighted by Crippen LogP contribution is -2.12. The minimum Gasteiger partial charge on any atom is -0.384 e. The van der Waals surface area contributed by atoms with Crippen LogP contribution in [0.1, 0.15) is 15.9 Å². The van der Waals surface area contributed by atoms with Crippen molar-refractivity contribution in [3.8, 4) is 0 Å². The second kappa shape index (κ2) is 4.72. The van der Waals surface area contributed by atoms with E-state index in [4.69, 9.17) is 0 Å². The number of hydrogen-bond acceptors (Lipinski definition) is 2. The van der Waals surface area contributed by atoms with Crippen LogP contribution in [0, 0.1) is 5.82 Å². The van der Waals surface area contributed by atoms with Gasteiger partial charge < -0.3 is 10.6 Å². The van der Waals surface area contributed by atoms with Gasteiger partial charge in [0.15, 0.2) is 0 Å². The molecular weight excluding hydrogens is 243 g/mol. The molecule has 1 heterocycles. The summed E-state index contributed by atoms with van der Waals surface area (Å²) >= 11 is 0. The molecule has 0 fully saturated rings. The van der Waals surface area contributed by atoms with E-state index in [-0.39, 0.29) is 11.7 Å². The molecule has 1 aliphatic heterocycles. The summed E-state index contributed by atoms with van der Waals surface area (Å²) in [4.78, 5) is 12.1. The highest BCUT2D eigenvalue weighted by Crippen LogP contribution is 2.23. The van der Waals surface area contributed by atoms with E-state index in [1.54, 1.807) is 18.2 Å². The highest BCUT2D eigenvalue weighted by atomic mass is 19.1. The number of benzene rings is 2. The van der Waals surface area contributed by atoms with Crippen LogP contribution in [-0.2, 0) is 6.42 Å². The van der Waals surface area contributed by atoms with Crippen LogP contribution in [0.3, 0.4) is 0 Å². The normalized spacial score (nSPS) is 12.7. The summed E-state index contributed by atoms with van der Waals surface area (Å²) in [7, 11) is 0. The fourth-order valence-corrected chi connectivity index (χ4v) is 2.22. The van der Waals surface area contributed by atoms with Gasteiger partial charge in [0, 0.05) is 23.5 Å². The van der Waals surface area contributed by atoms with E-state index in [1.165, 1.54) is 12.1 Å². The smallest absolute Gasteiger partial charge is 0.255 e. The number of carbonyl (C=O) groups is 1. The van der Waals surface area contributed by atoms with Gasteiger partial charge in [-0.05, 0) is 48.4 Å². The lowest BCUT2D eigenvalue weighted by atomic mass is 10.1. The first-order valence-electron chi connectivity index (χ1n) is 6.16. The van der Waals surface area contributed by atoms with Crippen molar-refractivity contribution in [2.24, 2.45) is 0 Å². The average Bonchev–Trinajstić information content (AvgIpc) is 2.85. The van der Waals surface area contributed by atoms with Gasteiger partial charge >= 0.3 is 0 Å². The minimum atomic E-state index is -0.365. The van der Waals surface area contributed by atoms with E-state index in [9.17, 15) is 9.18 Å². The van der Waals surface area contributed by atoms with E-state index in [0.29, 0.717) is 11.3 Å². The lowest BCUT2D eigenvalue weighted by Gasteiger charge is -2.07. The van der Waals surface area contributed by atoms with Crippen molar-refractivity contribution in [2.75, 3.05) is 17.2 Å². The maximum absolute atomic E-state index is 13.0. The Morgan fingerprint density at radius 1 is 1.21 bits per heavy atom. The number of fused-ring (bicyclic) bond motifs is 1. The first-order chi connectivity index (χ1) is 9.22. The molecule has 96 valence electrons.